The van der Waals surface area contributed by atoms with Crippen LogP contribution >= 0.6 is 0 Å². The molecule has 0 unspecified atom stereocenters. The highest BCUT2D eigenvalue weighted by molar-refractivity contribution is 5.45. The van der Waals surface area contributed by atoms with Crippen LogP contribution in [0.2, 0.25) is 0 Å². The van der Waals surface area contributed by atoms with E-state index >= 15 is 0 Å². The van der Waals surface area contributed by atoms with Crippen LogP contribution in [-0.4, -0.2) is 45.9 Å². The number of halogens is 1. The van der Waals surface area contributed by atoms with Gasteiger partial charge in [0.05, 0.1) is 6.26 Å². The second-order valence-electron chi connectivity index (χ2n) is 6.57. The molecule has 0 N–H and O–H groups in total. The minimum absolute atomic E-state index is 0.167. The summed E-state index contributed by atoms with van der Waals surface area (Å²) in [5.74, 6) is 1.13. The molecule has 1 aliphatic heterocycles. The Bertz CT molecular complexity index is 827. The Morgan fingerprint density at radius 2 is 1.58 bits per heavy atom. The van der Waals surface area contributed by atoms with Gasteiger partial charge in [0.2, 0.25) is 0 Å². The van der Waals surface area contributed by atoms with Crippen molar-refractivity contribution in [3.8, 4) is 11.6 Å². The fraction of sp³-hybridized carbons (Fsp3) is 0.300. The zero-order chi connectivity index (χ0) is 17.8. The third-order valence-corrected chi connectivity index (χ3v) is 4.61. The molecular formula is C20H21FN4O. The number of aromatic nitrogens is 2. The summed E-state index contributed by atoms with van der Waals surface area (Å²) in [6, 6.07) is 10.5. The van der Waals surface area contributed by atoms with Gasteiger partial charge >= 0.3 is 0 Å². The molecule has 1 saturated heterocycles. The van der Waals surface area contributed by atoms with E-state index in [1.54, 1.807) is 18.4 Å². The molecule has 2 aromatic heterocycles. The number of benzene rings is 1. The third-order valence-electron chi connectivity index (χ3n) is 4.61. The highest BCUT2D eigenvalue weighted by Crippen LogP contribution is 2.16. The van der Waals surface area contributed by atoms with Gasteiger partial charge in [-0.25, -0.2) is 14.4 Å². The van der Waals surface area contributed by atoms with Gasteiger partial charge in [0.1, 0.15) is 5.82 Å². The Labute approximate surface area is 152 Å². The van der Waals surface area contributed by atoms with Crippen molar-refractivity contribution >= 4 is 0 Å². The van der Waals surface area contributed by atoms with E-state index in [1.165, 1.54) is 6.07 Å². The molecule has 1 fully saturated rings. The van der Waals surface area contributed by atoms with E-state index in [1.807, 2.05) is 30.6 Å². The van der Waals surface area contributed by atoms with E-state index in [9.17, 15) is 4.39 Å². The predicted octanol–water partition coefficient (Wildman–Crippen LogP) is 3.19. The second kappa shape index (κ2) is 7.76. The summed E-state index contributed by atoms with van der Waals surface area (Å²) >= 11 is 0. The van der Waals surface area contributed by atoms with Gasteiger partial charge in [-0.3, -0.25) is 9.80 Å². The summed E-state index contributed by atoms with van der Waals surface area (Å²) in [4.78, 5) is 13.5. The molecule has 5 nitrogen and oxygen atoms in total. The number of piperazine rings is 1. The first-order valence-electron chi connectivity index (χ1n) is 8.80. The molecule has 6 heteroatoms. The van der Waals surface area contributed by atoms with Crippen molar-refractivity contribution in [3.05, 3.63) is 72.0 Å². The molecule has 0 bridgehead atoms. The predicted molar refractivity (Wildman–Crippen MR) is 96.7 cm³/mol. The molecule has 3 aromatic rings. The summed E-state index contributed by atoms with van der Waals surface area (Å²) in [7, 11) is 0. The van der Waals surface area contributed by atoms with Gasteiger partial charge < -0.3 is 4.42 Å². The average Bonchev–Trinajstić information content (AvgIpc) is 3.19. The van der Waals surface area contributed by atoms with Crippen molar-refractivity contribution in [3.63, 3.8) is 0 Å². The lowest BCUT2D eigenvalue weighted by atomic mass is 10.2. The van der Waals surface area contributed by atoms with Crippen molar-refractivity contribution in [1.82, 2.24) is 19.8 Å². The molecule has 0 saturated carbocycles. The highest BCUT2D eigenvalue weighted by Gasteiger charge is 2.17. The molecular weight excluding hydrogens is 331 g/mol. The number of hydrogen-bond donors (Lipinski definition) is 0. The van der Waals surface area contributed by atoms with Crippen molar-refractivity contribution in [2.24, 2.45) is 0 Å². The number of nitrogens with zero attached hydrogens (tertiary/aromatic N) is 4. The van der Waals surface area contributed by atoms with E-state index in [-0.39, 0.29) is 5.82 Å². The first kappa shape index (κ1) is 16.9. The summed E-state index contributed by atoms with van der Waals surface area (Å²) in [6.45, 7) is 5.55. The quantitative estimate of drug-likeness (QED) is 0.706. The summed E-state index contributed by atoms with van der Waals surface area (Å²) < 4.78 is 18.6. The number of furan rings is 1. The fourth-order valence-corrected chi connectivity index (χ4v) is 3.23. The van der Waals surface area contributed by atoms with Crippen LogP contribution in [0.1, 0.15) is 11.1 Å². The summed E-state index contributed by atoms with van der Waals surface area (Å²) in [5.41, 5.74) is 2.12. The van der Waals surface area contributed by atoms with Gasteiger partial charge in [-0.2, -0.15) is 0 Å². The minimum atomic E-state index is -0.167. The molecule has 26 heavy (non-hydrogen) atoms. The summed E-state index contributed by atoms with van der Waals surface area (Å²) in [5, 5.41) is 0. The van der Waals surface area contributed by atoms with E-state index in [2.05, 4.69) is 19.8 Å². The van der Waals surface area contributed by atoms with E-state index in [0.29, 0.717) is 11.6 Å². The van der Waals surface area contributed by atoms with Crippen LogP contribution in [0.25, 0.3) is 11.6 Å². The highest BCUT2D eigenvalue weighted by atomic mass is 19.1. The standard InChI is InChI=1S/C20H21FN4O/c21-18-4-1-3-16(11-18)14-24-6-8-25(9-7-24)15-17-12-22-20(23-13-17)19-5-2-10-26-19/h1-5,10-13H,6-9,14-15H2. The van der Waals surface area contributed by atoms with Crippen LogP contribution in [0.15, 0.2) is 59.5 Å². The summed E-state index contributed by atoms with van der Waals surface area (Å²) in [6.07, 6.45) is 5.35. The Morgan fingerprint density at radius 3 is 2.19 bits per heavy atom. The van der Waals surface area contributed by atoms with Crippen molar-refractivity contribution < 1.29 is 8.81 Å². The molecule has 0 radical (unpaired) electrons. The van der Waals surface area contributed by atoms with E-state index in [0.717, 1.165) is 50.4 Å². The van der Waals surface area contributed by atoms with Crippen molar-refractivity contribution in [1.29, 1.82) is 0 Å². The first-order chi connectivity index (χ1) is 12.8. The lowest BCUT2D eigenvalue weighted by Gasteiger charge is -2.34. The SMILES string of the molecule is Fc1cccc(CN2CCN(Cc3cnc(-c4ccco4)nc3)CC2)c1. The number of rotatable bonds is 5. The lowest BCUT2D eigenvalue weighted by Crippen LogP contribution is -2.45. The van der Waals surface area contributed by atoms with Gasteiger partial charge in [0, 0.05) is 57.2 Å². The van der Waals surface area contributed by atoms with Gasteiger partial charge in [-0.1, -0.05) is 12.1 Å². The monoisotopic (exact) mass is 352 g/mol. The molecule has 0 atom stereocenters. The van der Waals surface area contributed by atoms with Gasteiger partial charge in [-0.15, -0.1) is 0 Å². The van der Waals surface area contributed by atoms with Crippen LogP contribution in [0, 0.1) is 5.82 Å². The van der Waals surface area contributed by atoms with Crippen LogP contribution in [-0.2, 0) is 13.1 Å². The average molecular weight is 352 g/mol. The molecule has 3 heterocycles. The van der Waals surface area contributed by atoms with Crippen LogP contribution in [0.5, 0.6) is 0 Å². The Hall–Kier alpha value is -2.57. The first-order valence-corrected chi connectivity index (χ1v) is 8.80. The fourth-order valence-electron chi connectivity index (χ4n) is 3.23. The van der Waals surface area contributed by atoms with Crippen LogP contribution in [0.4, 0.5) is 4.39 Å². The largest absolute Gasteiger partial charge is 0.461 e. The molecule has 1 aromatic carbocycles. The normalized spacial score (nSPS) is 16.0. The lowest BCUT2D eigenvalue weighted by molar-refractivity contribution is 0.122. The van der Waals surface area contributed by atoms with E-state index in [4.69, 9.17) is 4.42 Å². The van der Waals surface area contributed by atoms with Crippen LogP contribution < -0.4 is 0 Å². The topological polar surface area (TPSA) is 45.4 Å². The van der Waals surface area contributed by atoms with Crippen LogP contribution in [0.3, 0.4) is 0 Å². The third kappa shape index (κ3) is 4.15. The molecule has 4 rings (SSSR count). The Balaban J connectivity index is 1.28. The molecule has 0 spiro atoms. The van der Waals surface area contributed by atoms with Gasteiger partial charge in [0.25, 0.3) is 0 Å². The van der Waals surface area contributed by atoms with Crippen molar-refractivity contribution in [2.45, 2.75) is 13.1 Å². The van der Waals surface area contributed by atoms with Gasteiger partial charge in [-0.05, 0) is 29.8 Å². The number of hydrogen-bond acceptors (Lipinski definition) is 5. The second-order valence-corrected chi connectivity index (χ2v) is 6.57. The molecule has 1 aliphatic rings. The van der Waals surface area contributed by atoms with E-state index < -0.39 is 0 Å². The maximum atomic E-state index is 13.3. The Morgan fingerprint density at radius 1 is 0.885 bits per heavy atom. The Kier molecular flexibility index (Phi) is 5.04. The maximum Gasteiger partial charge on any atom is 0.195 e. The smallest absolute Gasteiger partial charge is 0.195 e. The molecule has 134 valence electrons. The zero-order valence-electron chi connectivity index (χ0n) is 14.5. The van der Waals surface area contributed by atoms with Gasteiger partial charge in [0.15, 0.2) is 11.6 Å². The maximum absolute atomic E-state index is 13.3. The zero-order valence-corrected chi connectivity index (χ0v) is 14.5. The molecule has 0 aliphatic carbocycles. The minimum Gasteiger partial charge on any atom is -0.461 e. The molecule has 0 amide bonds. The van der Waals surface area contributed by atoms with Crippen molar-refractivity contribution in [2.75, 3.05) is 26.2 Å².